The van der Waals surface area contributed by atoms with Crippen molar-refractivity contribution in [2.45, 2.75) is 31.9 Å². The number of hydrogen-bond acceptors (Lipinski definition) is 8. The lowest BCUT2D eigenvalue weighted by Crippen LogP contribution is -2.46. The molecule has 41 heavy (non-hydrogen) atoms. The van der Waals surface area contributed by atoms with Gasteiger partial charge >= 0.3 is 0 Å². The van der Waals surface area contributed by atoms with E-state index in [4.69, 9.17) is 4.74 Å². The van der Waals surface area contributed by atoms with Crippen molar-refractivity contribution >= 4 is 28.5 Å². The van der Waals surface area contributed by atoms with Crippen molar-refractivity contribution in [2.24, 2.45) is 0 Å². The number of rotatable bonds is 8. The number of aromatic amines is 2. The van der Waals surface area contributed by atoms with Crippen LogP contribution < -0.4 is 15.6 Å². The third-order valence-electron chi connectivity index (χ3n) is 7.76. The van der Waals surface area contributed by atoms with Gasteiger partial charge in [0, 0.05) is 18.8 Å². The third kappa shape index (κ3) is 5.21. The Balaban J connectivity index is 1.21. The number of aryl methyl sites for hydroxylation is 1. The van der Waals surface area contributed by atoms with Crippen LogP contribution in [0, 0.1) is 6.92 Å². The first-order valence-electron chi connectivity index (χ1n) is 13.7. The molecule has 2 aromatic heterocycles. The summed E-state index contributed by atoms with van der Waals surface area (Å²) in [5.74, 6) is 0.352. The largest absolute Gasteiger partial charge is 0.491 e. The Morgan fingerprint density at radius 3 is 2.51 bits per heavy atom. The number of nitrogens with one attached hydrogen (secondary N) is 3. The molecule has 11 nitrogen and oxygen atoms in total. The molecule has 4 N–H and O–H groups in total. The minimum Gasteiger partial charge on any atom is -0.491 e. The molecule has 1 atom stereocenters. The number of aromatic nitrogens is 3. The second-order valence-corrected chi connectivity index (χ2v) is 10.8. The van der Waals surface area contributed by atoms with Gasteiger partial charge in [0.1, 0.15) is 29.8 Å². The van der Waals surface area contributed by atoms with Crippen LogP contribution in [0.2, 0.25) is 0 Å². The molecule has 0 saturated carbocycles. The summed E-state index contributed by atoms with van der Waals surface area (Å²) in [5.41, 5.74) is 3.15. The molecule has 0 aliphatic carbocycles. The molecule has 1 unspecified atom stereocenters. The number of imide groups is 1. The minimum atomic E-state index is -0.841. The van der Waals surface area contributed by atoms with Crippen molar-refractivity contribution in [2.75, 3.05) is 38.6 Å². The molecule has 212 valence electrons. The van der Waals surface area contributed by atoms with Gasteiger partial charge in [-0.15, -0.1) is 0 Å². The number of hydrogen-bond donors (Lipinski definition) is 4. The molecule has 11 heteroatoms. The van der Waals surface area contributed by atoms with Crippen LogP contribution in [0.4, 0.5) is 5.69 Å². The summed E-state index contributed by atoms with van der Waals surface area (Å²) in [6, 6.07) is 12.4. The highest BCUT2D eigenvalue weighted by molar-refractivity contribution is 6.23. The highest BCUT2D eigenvalue weighted by atomic mass is 16.5. The highest BCUT2D eigenvalue weighted by Crippen LogP contribution is 2.32. The van der Waals surface area contributed by atoms with Gasteiger partial charge in [-0.3, -0.25) is 19.3 Å². The fourth-order valence-corrected chi connectivity index (χ4v) is 5.44. The Hall–Kier alpha value is -4.48. The van der Waals surface area contributed by atoms with Crippen molar-refractivity contribution in [1.82, 2.24) is 24.8 Å². The molecule has 1 saturated heterocycles. The molecule has 4 aromatic rings. The summed E-state index contributed by atoms with van der Waals surface area (Å²) in [7, 11) is 2.03. The van der Waals surface area contributed by atoms with E-state index < -0.39 is 6.10 Å². The zero-order valence-electron chi connectivity index (χ0n) is 22.9. The van der Waals surface area contributed by atoms with Crippen LogP contribution in [0.25, 0.3) is 22.4 Å². The van der Waals surface area contributed by atoms with Crippen molar-refractivity contribution in [3.8, 4) is 17.1 Å². The number of ether oxygens (including phenoxy) is 1. The molecule has 2 aromatic carbocycles. The van der Waals surface area contributed by atoms with Crippen molar-refractivity contribution < 1.29 is 19.4 Å². The third-order valence-corrected chi connectivity index (χ3v) is 7.76. The number of pyridine rings is 1. The number of nitrogens with zero attached hydrogens (tertiary/aromatic N) is 3. The van der Waals surface area contributed by atoms with E-state index in [1.165, 1.54) is 11.1 Å². The van der Waals surface area contributed by atoms with Gasteiger partial charge in [0.2, 0.25) is 0 Å². The molecular weight excluding hydrogens is 524 g/mol. The molecule has 1 fully saturated rings. The van der Waals surface area contributed by atoms with E-state index >= 15 is 0 Å². The van der Waals surface area contributed by atoms with Gasteiger partial charge in [0.25, 0.3) is 17.4 Å². The van der Waals surface area contributed by atoms with Crippen molar-refractivity contribution in [3.63, 3.8) is 0 Å². The minimum absolute atomic E-state index is 0.0708. The van der Waals surface area contributed by atoms with Crippen LogP contribution >= 0.6 is 0 Å². The van der Waals surface area contributed by atoms with Crippen molar-refractivity contribution in [3.05, 3.63) is 75.7 Å². The Labute approximate surface area is 236 Å². The number of fused-ring (bicyclic) bond motifs is 2. The Morgan fingerprint density at radius 2 is 1.78 bits per heavy atom. The molecule has 0 radical (unpaired) electrons. The van der Waals surface area contributed by atoms with Gasteiger partial charge < -0.3 is 30.0 Å². The Morgan fingerprint density at radius 1 is 1.07 bits per heavy atom. The highest BCUT2D eigenvalue weighted by Gasteiger charge is 2.41. The lowest BCUT2D eigenvalue weighted by Gasteiger charge is -2.33. The van der Waals surface area contributed by atoms with Gasteiger partial charge in [-0.1, -0.05) is 17.7 Å². The first-order chi connectivity index (χ1) is 19.8. The predicted octanol–water partition coefficient (Wildman–Crippen LogP) is 2.77. The maximum absolute atomic E-state index is 13.3. The summed E-state index contributed by atoms with van der Waals surface area (Å²) in [6.07, 6.45) is 2.17. The van der Waals surface area contributed by atoms with E-state index in [1.54, 1.807) is 18.2 Å². The molecule has 0 bridgehead atoms. The van der Waals surface area contributed by atoms with E-state index in [1.807, 2.05) is 38.2 Å². The number of benzene rings is 2. The van der Waals surface area contributed by atoms with E-state index in [2.05, 4.69) is 25.2 Å². The second-order valence-electron chi connectivity index (χ2n) is 10.8. The number of carbonyl (C=O) groups excluding carboxylic acids is 2. The number of likely N-dealkylation sites (tertiary alicyclic amines) is 1. The van der Waals surface area contributed by atoms with Crippen LogP contribution in [0.1, 0.15) is 39.1 Å². The maximum Gasteiger partial charge on any atom is 0.261 e. The van der Waals surface area contributed by atoms with Gasteiger partial charge in [-0.2, -0.15) is 0 Å². The first kappa shape index (κ1) is 26.7. The summed E-state index contributed by atoms with van der Waals surface area (Å²) in [6.45, 7) is 3.86. The zero-order chi connectivity index (χ0) is 28.7. The van der Waals surface area contributed by atoms with Gasteiger partial charge in [0.05, 0.1) is 27.8 Å². The topological polar surface area (TPSA) is 144 Å². The van der Waals surface area contributed by atoms with Crippen LogP contribution in [0.5, 0.6) is 5.75 Å². The lowest BCUT2D eigenvalue weighted by atomic mass is 10.0. The molecule has 4 heterocycles. The monoisotopic (exact) mass is 556 g/mol. The first-order valence-corrected chi connectivity index (χ1v) is 13.7. The van der Waals surface area contributed by atoms with E-state index in [0.29, 0.717) is 33.6 Å². The summed E-state index contributed by atoms with van der Waals surface area (Å²) >= 11 is 0. The SMILES string of the molecule is Cc1ccc(OCC(O)CNc2cc[nH]c(=O)c2-c2nc3cc4c(cc3[nH]2)C(=O)N(C2CCN(C)CC2)C4=O)cc1. The quantitative estimate of drug-likeness (QED) is 0.243. The summed E-state index contributed by atoms with van der Waals surface area (Å²) < 4.78 is 5.66. The summed E-state index contributed by atoms with van der Waals surface area (Å²) in [5, 5.41) is 13.6. The zero-order valence-corrected chi connectivity index (χ0v) is 22.9. The number of anilines is 1. The van der Waals surface area contributed by atoms with E-state index in [9.17, 15) is 19.5 Å². The van der Waals surface area contributed by atoms with Gasteiger partial charge in [0.15, 0.2) is 0 Å². The van der Waals surface area contributed by atoms with Gasteiger partial charge in [-0.25, -0.2) is 4.98 Å². The molecular formula is C30H32N6O5. The number of carbonyl (C=O) groups is 2. The standard InChI is InChI=1S/C30H32N6O5/c1-17-3-5-20(6-4-17)41-16-19(37)15-32-23-7-10-31-28(38)26(23)27-33-24-13-21-22(14-25(24)34-27)30(40)36(29(21)39)18-8-11-35(2)12-9-18/h3-7,10,13-14,18-19,37H,8-9,11-12,15-16H2,1-2H3,(H,33,34)(H2,31,32,38). The number of aliphatic hydroxyl groups excluding tert-OH is 1. The fourth-order valence-electron chi connectivity index (χ4n) is 5.44. The second kappa shape index (κ2) is 10.8. The molecule has 2 amide bonds. The van der Waals surface area contributed by atoms with Crippen molar-refractivity contribution in [1.29, 1.82) is 0 Å². The maximum atomic E-state index is 13.3. The van der Waals surface area contributed by atoms with Gasteiger partial charge in [-0.05, 0) is 70.2 Å². The summed E-state index contributed by atoms with van der Waals surface area (Å²) in [4.78, 5) is 53.5. The normalized spacial score (nSPS) is 16.8. The Kier molecular flexibility index (Phi) is 7.06. The Bertz CT molecular complexity index is 1620. The lowest BCUT2D eigenvalue weighted by molar-refractivity contribution is 0.0516. The number of amides is 2. The smallest absolute Gasteiger partial charge is 0.261 e. The van der Waals surface area contributed by atoms with Crippen LogP contribution in [0.15, 0.2) is 53.5 Å². The van der Waals surface area contributed by atoms with Crippen LogP contribution in [0.3, 0.4) is 0 Å². The molecule has 6 rings (SSSR count). The number of imidazole rings is 1. The predicted molar refractivity (Wildman–Crippen MR) is 154 cm³/mol. The average Bonchev–Trinajstić information content (AvgIpc) is 3.48. The molecule has 0 spiro atoms. The van der Waals surface area contributed by atoms with Crippen LogP contribution in [-0.4, -0.2) is 87.1 Å². The molecule has 2 aliphatic heterocycles. The number of H-pyrrole nitrogens is 2. The average molecular weight is 557 g/mol. The molecule has 2 aliphatic rings. The number of aliphatic hydroxyl groups is 1. The number of piperidine rings is 1. The van der Waals surface area contributed by atoms with Crippen LogP contribution in [-0.2, 0) is 0 Å². The van der Waals surface area contributed by atoms with E-state index in [-0.39, 0.29) is 48.0 Å². The van der Waals surface area contributed by atoms with E-state index in [0.717, 1.165) is 31.5 Å². The fraction of sp³-hybridized carbons (Fsp3) is 0.333.